The van der Waals surface area contributed by atoms with Gasteiger partial charge in [-0.25, -0.2) is 0 Å². The Morgan fingerprint density at radius 1 is 1.15 bits per heavy atom. The van der Waals surface area contributed by atoms with E-state index in [2.05, 4.69) is 5.32 Å². The fourth-order valence-electron chi connectivity index (χ4n) is 2.04. The van der Waals surface area contributed by atoms with Crippen LogP contribution < -0.4 is 5.32 Å². The molecule has 0 saturated heterocycles. The van der Waals surface area contributed by atoms with Gasteiger partial charge in [0.15, 0.2) is 5.78 Å². The zero-order valence-electron chi connectivity index (χ0n) is 13.1. The molecule has 3 heteroatoms. The third kappa shape index (κ3) is 4.80. The highest BCUT2D eigenvalue weighted by atomic mass is 16.2. The predicted molar refractivity (Wildman–Crippen MR) is 83.5 cm³/mol. The summed E-state index contributed by atoms with van der Waals surface area (Å²) < 4.78 is 0. The van der Waals surface area contributed by atoms with Crippen molar-refractivity contribution in [2.75, 3.05) is 0 Å². The highest BCUT2D eigenvalue weighted by Gasteiger charge is 2.33. The molecular formula is C17H27NO2. The molecule has 0 aromatic heterocycles. The molecule has 0 aliphatic rings. The number of hydrogen-bond acceptors (Lipinski definition) is 2. The van der Waals surface area contributed by atoms with E-state index >= 15 is 0 Å². The van der Waals surface area contributed by atoms with Gasteiger partial charge in [-0.2, -0.15) is 0 Å². The average Bonchev–Trinajstić information content (AvgIpc) is 2.35. The number of hydrogen-bond donors (Lipinski definition) is 1. The summed E-state index contributed by atoms with van der Waals surface area (Å²) in [5.74, 6) is -0.111. The number of Topliss-reactive ketones (excluding diaryl/α,β-unsaturated/α-hetero) is 1. The van der Waals surface area contributed by atoms with Crippen molar-refractivity contribution >= 4 is 11.7 Å². The van der Waals surface area contributed by atoms with E-state index in [1.165, 1.54) is 0 Å². The number of carbonyl (C=O) groups is 2. The van der Waals surface area contributed by atoms with Crippen molar-refractivity contribution in [2.45, 2.75) is 47.1 Å². The molecule has 0 aliphatic carbocycles. The summed E-state index contributed by atoms with van der Waals surface area (Å²) in [4.78, 5) is 24.4. The second kappa shape index (κ2) is 6.69. The Kier molecular flexibility index (Phi) is 5.49. The summed E-state index contributed by atoms with van der Waals surface area (Å²) in [5, 5.41) is 2.90. The molecule has 0 aliphatic heterocycles. The van der Waals surface area contributed by atoms with E-state index in [9.17, 15) is 9.59 Å². The SMILES string of the molecule is CC(C)C(=O)C(NC(=O)Cc1ccccc1)C(C)(C)C.[HH]. The number of ketones is 1. The number of carbonyl (C=O) groups excluding carboxylic acids is 2. The molecular weight excluding hydrogens is 250 g/mol. The number of nitrogens with one attached hydrogen (secondary N) is 1. The Morgan fingerprint density at radius 3 is 2.15 bits per heavy atom. The van der Waals surface area contributed by atoms with Crippen molar-refractivity contribution in [2.24, 2.45) is 11.3 Å². The van der Waals surface area contributed by atoms with E-state index in [1.807, 2.05) is 65.0 Å². The standard InChI is InChI=1S/C17H25NO2.H2/c1-12(2)15(20)16(17(3,4)5)18-14(19)11-13-9-7-6-8-10-13;/h6-10,12,16H,11H2,1-5H3,(H,18,19);1H. The van der Waals surface area contributed by atoms with E-state index in [4.69, 9.17) is 0 Å². The quantitative estimate of drug-likeness (QED) is 0.898. The molecule has 1 atom stereocenters. The van der Waals surface area contributed by atoms with Crippen molar-refractivity contribution in [3.8, 4) is 0 Å². The summed E-state index contributed by atoms with van der Waals surface area (Å²) in [6, 6.07) is 9.11. The van der Waals surface area contributed by atoms with Gasteiger partial charge >= 0.3 is 0 Å². The average molecular weight is 277 g/mol. The Balaban J connectivity index is 0.00000400. The second-order valence-electron chi connectivity index (χ2n) is 6.59. The molecule has 20 heavy (non-hydrogen) atoms. The highest BCUT2D eigenvalue weighted by molar-refractivity contribution is 5.91. The molecule has 1 unspecified atom stereocenters. The van der Waals surface area contributed by atoms with Crippen LogP contribution >= 0.6 is 0 Å². The number of amides is 1. The molecule has 0 spiro atoms. The fraction of sp³-hybridized carbons (Fsp3) is 0.529. The molecule has 0 radical (unpaired) electrons. The van der Waals surface area contributed by atoms with Gasteiger partial charge in [0, 0.05) is 7.34 Å². The Labute approximate surface area is 123 Å². The van der Waals surface area contributed by atoms with E-state index in [0.29, 0.717) is 6.42 Å². The van der Waals surface area contributed by atoms with Gasteiger partial charge in [-0.05, 0) is 11.0 Å². The molecule has 3 nitrogen and oxygen atoms in total. The first-order chi connectivity index (χ1) is 9.21. The van der Waals surface area contributed by atoms with Crippen LogP contribution in [0.3, 0.4) is 0 Å². The van der Waals surface area contributed by atoms with Gasteiger partial charge in [0.25, 0.3) is 0 Å². The van der Waals surface area contributed by atoms with Crippen LogP contribution in [0.1, 0.15) is 41.6 Å². The van der Waals surface area contributed by atoms with Crippen molar-refractivity contribution in [3.63, 3.8) is 0 Å². The van der Waals surface area contributed by atoms with Gasteiger partial charge in [0.05, 0.1) is 12.5 Å². The van der Waals surface area contributed by atoms with E-state index in [0.717, 1.165) is 5.56 Å². The van der Waals surface area contributed by atoms with Crippen molar-refractivity contribution in [3.05, 3.63) is 35.9 Å². The minimum Gasteiger partial charge on any atom is -0.345 e. The first-order valence-corrected chi connectivity index (χ1v) is 7.09. The monoisotopic (exact) mass is 277 g/mol. The van der Waals surface area contributed by atoms with E-state index in [-0.39, 0.29) is 24.4 Å². The normalized spacial score (nSPS) is 13.1. The molecule has 0 fully saturated rings. The highest BCUT2D eigenvalue weighted by Crippen LogP contribution is 2.22. The smallest absolute Gasteiger partial charge is 0.225 e. The molecule has 1 rings (SSSR count). The molecule has 1 aromatic rings. The van der Waals surface area contributed by atoms with Crippen molar-refractivity contribution < 1.29 is 11.0 Å². The Hall–Kier alpha value is -1.64. The Morgan fingerprint density at radius 2 is 1.70 bits per heavy atom. The van der Waals surface area contributed by atoms with Crippen molar-refractivity contribution in [1.82, 2.24) is 5.32 Å². The molecule has 0 saturated carbocycles. The molecule has 112 valence electrons. The van der Waals surface area contributed by atoms with Crippen LogP contribution in [0.4, 0.5) is 0 Å². The lowest BCUT2D eigenvalue weighted by molar-refractivity contribution is -0.131. The Bertz CT molecular complexity index is 463. The number of rotatable bonds is 5. The van der Waals surface area contributed by atoms with Crippen LogP contribution in [0.2, 0.25) is 0 Å². The lowest BCUT2D eigenvalue weighted by Crippen LogP contribution is -2.51. The lowest BCUT2D eigenvalue weighted by Gasteiger charge is -2.31. The summed E-state index contributed by atoms with van der Waals surface area (Å²) in [6.45, 7) is 9.65. The van der Waals surface area contributed by atoms with E-state index < -0.39 is 6.04 Å². The van der Waals surface area contributed by atoms with Crippen LogP contribution in [-0.2, 0) is 16.0 Å². The maximum Gasteiger partial charge on any atom is 0.225 e. The van der Waals surface area contributed by atoms with E-state index in [1.54, 1.807) is 0 Å². The zero-order valence-corrected chi connectivity index (χ0v) is 13.1. The van der Waals surface area contributed by atoms with Crippen LogP contribution in [0.25, 0.3) is 0 Å². The predicted octanol–water partition coefficient (Wildman–Crippen LogP) is 3.23. The first kappa shape index (κ1) is 16.4. The molecule has 1 amide bonds. The van der Waals surface area contributed by atoms with Crippen LogP contribution in [0.5, 0.6) is 0 Å². The van der Waals surface area contributed by atoms with Crippen LogP contribution in [0, 0.1) is 11.3 Å². The molecule has 0 heterocycles. The molecule has 1 aromatic carbocycles. The van der Waals surface area contributed by atoms with Gasteiger partial charge < -0.3 is 5.32 Å². The lowest BCUT2D eigenvalue weighted by atomic mass is 9.81. The fourth-order valence-corrected chi connectivity index (χ4v) is 2.04. The largest absolute Gasteiger partial charge is 0.345 e. The zero-order chi connectivity index (χ0) is 15.3. The second-order valence-corrected chi connectivity index (χ2v) is 6.59. The van der Waals surface area contributed by atoms with Gasteiger partial charge in [0.2, 0.25) is 5.91 Å². The van der Waals surface area contributed by atoms with Gasteiger partial charge in [0.1, 0.15) is 0 Å². The van der Waals surface area contributed by atoms with Crippen LogP contribution in [-0.4, -0.2) is 17.7 Å². The van der Waals surface area contributed by atoms with Gasteiger partial charge in [-0.1, -0.05) is 65.0 Å². The summed E-state index contributed by atoms with van der Waals surface area (Å²) in [7, 11) is 0. The minimum atomic E-state index is -0.446. The summed E-state index contributed by atoms with van der Waals surface area (Å²) in [6.07, 6.45) is 0.304. The first-order valence-electron chi connectivity index (χ1n) is 7.09. The minimum absolute atomic E-state index is 0. The third-order valence-corrected chi connectivity index (χ3v) is 3.23. The molecule has 0 bridgehead atoms. The molecule has 1 N–H and O–H groups in total. The third-order valence-electron chi connectivity index (χ3n) is 3.23. The van der Waals surface area contributed by atoms with Gasteiger partial charge in [-0.3, -0.25) is 9.59 Å². The maximum atomic E-state index is 12.3. The number of benzene rings is 1. The van der Waals surface area contributed by atoms with Crippen molar-refractivity contribution in [1.29, 1.82) is 0 Å². The van der Waals surface area contributed by atoms with Crippen LogP contribution in [0.15, 0.2) is 30.3 Å². The maximum absolute atomic E-state index is 12.3. The summed E-state index contributed by atoms with van der Waals surface area (Å²) >= 11 is 0. The summed E-state index contributed by atoms with van der Waals surface area (Å²) in [5.41, 5.74) is 0.669. The topological polar surface area (TPSA) is 46.2 Å². The van der Waals surface area contributed by atoms with Gasteiger partial charge in [-0.15, -0.1) is 0 Å².